The molecule has 0 saturated heterocycles. The fraction of sp³-hybridized carbons (Fsp3) is 0.118. The Labute approximate surface area is 146 Å². The number of benzene rings is 1. The minimum atomic E-state index is -0.500. The predicted octanol–water partition coefficient (Wildman–Crippen LogP) is 3.19. The monoisotopic (exact) mass is 355 g/mol. The number of aliphatic imine (C=N–C) groups is 1. The van der Waals surface area contributed by atoms with Crippen molar-refractivity contribution >= 4 is 28.9 Å². The number of nitrogens with zero attached hydrogens (tertiary/aromatic N) is 3. The molecule has 8 heteroatoms. The zero-order valence-corrected chi connectivity index (χ0v) is 14.0. The first kappa shape index (κ1) is 15.5. The Morgan fingerprint density at radius 2 is 2.08 bits per heavy atom. The highest BCUT2D eigenvalue weighted by Gasteiger charge is 2.25. The molecule has 1 aliphatic rings. The number of nitrogens with one attached hydrogen (secondary N) is 2. The van der Waals surface area contributed by atoms with E-state index >= 15 is 0 Å². The Morgan fingerprint density at radius 1 is 1.28 bits per heavy atom. The van der Waals surface area contributed by atoms with E-state index in [-0.39, 0.29) is 11.4 Å². The van der Waals surface area contributed by atoms with Crippen molar-refractivity contribution in [1.29, 1.82) is 0 Å². The van der Waals surface area contributed by atoms with Crippen LogP contribution in [0, 0.1) is 12.7 Å². The van der Waals surface area contributed by atoms with Crippen molar-refractivity contribution < 1.29 is 4.39 Å². The second-order valence-corrected chi connectivity index (χ2v) is 6.53. The molecule has 6 nitrogen and oxygen atoms in total. The van der Waals surface area contributed by atoms with Crippen molar-refractivity contribution in [2.45, 2.75) is 13.1 Å². The van der Waals surface area contributed by atoms with Gasteiger partial charge in [-0.05, 0) is 42.6 Å². The zero-order chi connectivity index (χ0) is 17.4. The maximum atomic E-state index is 13.1. The average Bonchev–Trinajstić information content (AvgIpc) is 3.10. The first-order valence-corrected chi connectivity index (χ1v) is 8.49. The first-order chi connectivity index (χ1) is 12.1. The van der Waals surface area contributed by atoms with E-state index in [9.17, 15) is 9.18 Å². The van der Waals surface area contributed by atoms with Crippen LogP contribution in [0.15, 0.2) is 57.6 Å². The van der Waals surface area contributed by atoms with Gasteiger partial charge < -0.3 is 5.32 Å². The van der Waals surface area contributed by atoms with Gasteiger partial charge in [-0.1, -0.05) is 6.07 Å². The number of thiophene rings is 1. The van der Waals surface area contributed by atoms with Gasteiger partial charge >= 0.3 is 0 Å². The summed E-state index contributed by atoms with van der Waals surface area (Å²) in [4.78, 5) is 22.4. The molecule has 1 atom stereocenters. The van der Waals surface area contributed by atoms with Gasteiger partial charge in [0.05, 0.1) is 0 Å². The molecular formula is C17H14FN5OS. The number of aryl methyl sites for hydroxylation is 1. The molecule has 4 rings (SSSR count). The number of anilines is 2. The minimum absolute atomic E-state index is 0.169. The molecule has 0 radical (unpaired) electrons. The molecule has 0 amide bonds. The molecular weight excluding hydrogens is 341 g/mol. The summed E-state index contributed by atoms with van der Waals surface area (Å²) in [5.41, 5.74) is 1.13. The van der Waals surface area contributed by atoms with Crippen molar-refractivity contribution in [3.05, 3.63) is 74.6 Å². The van der Waals surface area contributed by atoms with Gasteiger partial charge in [0.2, 0.25) is 11.9 Å². The summed E-state index contributed by atoms with van der Waals surface area (Å²) in [5, 5.41) is 8.07. The summed E-state index contributed by atoms with van der Waals surface area (Å²) in [6, 6.07) is 11.3. The molecule has 0 spiro atoms. The lowest BCUT2D eigenvalue weighted by atomic mass is 10.3. The third-order valence-corrected chi connectivity index (χ3v) is 4.62. The number of aromatic nitrogens is 2. The molecule has 3 heterocycles. The predicted molar refractivity (Wildman–Crippen MR) is 96.8 cm³/mol. The Kier molecular flexibility index (Phi) is 3.81. The van der Waals surface area contributed by atoms with Crippen LogP contribution in [0.5, 0.6) is 0 Å². The number of guanidine groups is 1. The van der Waals surface area contributed by atoms with Crippen LogP contribution in [0.25, 0.3) is 0 Å². The summed E-state index contributed by atoms with van der Waals surface area (Å²) in [6.07, 6.45) is -0.500. The summed E-state index contributed by atoms with van der Waals surface area (Å²) in [6.45, 7) is 1.77. The number of hydrogen-bond acceptors (Lipinski definition) is 6. The van der Waals surface area contributed by atoms with Crippen LogP contribution in [0.2, 0.25) is 0 Å². The van der Waals surface area contributed by atoms with E-state index < -0.39 is 6.17 Å². The van der Waals surface area contributed by atoms with Gasteiger partial charge in [0.1, 0.15) is 5.82 Å². The van der Waals surface area contributed by atoms with Gasteiger partial charge in [-0.25, -0.2) is 14.4 Å². The SMILES string of the molecule is Cc1cc(=O)n2c(n1)NC(Nc1ccc(F)cc1)=N[C@H]2c1cccs1. The van der Waals surface area contributed by atoms with Crippen molar-refractivity contribution in [3.63, 3.8) is 0 Å². The fourth-order valence-electron chi connectivity index (χ4n) is 2.61. The molecule has 25 heavy (non-hydrogen) atoms. The highest BCUT2D eigenvalue weighted by Crippen LogP contribution is 2.28. The maximum Gasteiger partial charge on any atom is 0.257 e. The molecule has 1 aromatic carbocycles. The van der Waals surface area contributed by atoms with E-state index in [4.69, 9.17) is 0 Å². The molecule has 0 aliphatic carbocycles. The van der Waals surface area contributed by atoms with E-state index in [1.165, 1.54) is 34.1 Å². The second-order valence-electron chi connectivity index (χ2n) is 5.55. The number of hydrogen-bond donors (Lipinski definition) is 2. The fourth-order valence-corrected chi connectivity index (χ4v) is 3.36. The van der Waals surface area contributed by atoms with Crippen LogP contribution in [0.4, 0.5) is 16.0 Å². The van der Waals surface area contributed by atoms with Gasteiger partial charge in [-0.15, -0.1) is 11.3 Å². The minimum Gasteiger partial charge on any atom is -0.326 e. The van der Waals surface area contributed by atoms with Crippen LogP contribution in [0.1, 0.15) is 16.7 Å². The van der Waals surface area contributed by atoms with E-state index in [0.29, 0.717) is 23.3 Å². The molecule has 0 unspecified atom stereocenters. The van der Waals surface area contributed by atoms with Crippen LogP contribution >= 0.6 is 11.3 Å². The first-order valence-electron chi connectivity index (χ1n) is 7.61. The van der Waals surface area contributed by atoms with E-state index in [0.717, 1.165) is 4.88 Å². The highest BCUT2D eigenvalue weighted by molar-refractivity contribution is 7.10. The largest absolute Gasteiger partial charge is 0.326 e. The molecule has 2 aromatic heterocycles. The van der Waals surface area contributed by atoms with Crippen LogP contribution in [-0.4, -0.2) is 15.5 Å². The third kappa shape index (κ3) is 3.03. The quantitative estimate of drug-likeness (QED) is 0.741. The lowest BCUT2D eigenvalue weighted by molar-refractivity contribution is 0.586. The second kappa shape index (κ2) is 6.14. The summed E-state index contributed by atoms with van der Waals surface area (Å²) >= 11 is 1.52. The van der Waals surface area contributed by atoms with E-state index in [1.54, 1.807) is 19.1 Å². The number of rotatable bonds is 2. The third-order valence-electron chi connectivity index (χ3n) is 3.71. The van der Waals surface area contributed by atoms with Gasteiger partial charge in [-0.2, -0.15) is 0 Å². The summed E-state index contributed by atoms with van der Waals surface area (Å²) in [7, 11) is 0. The van der Waals surface area contributed by atoms with E-state index in [1.807, 2.05) is 17.5 Å². The van der Waals surface area contributed by atoms with Crippen molar-refractivity contribution in [2.24, 2.45) is 4.99 Å². The Hall–Kier alpha value is -3.00. The molecule has 2 N–H and O–H groups in total. The summed E-state index contributed by atoms with van der Waals surface area (Å²) in [5.74, 6) is 0.556. The number of fused-ring (bicyclic) bond motifs is 1. The molecule has 0 bridgehead atoms. The molecule has 126 valence electrons. The topological polar surface area (TPSA) is 71.3 Å². The molecule has 1 aliphatic heterocycles. The Bertz CT molecular complexity index is 995. The normalized spacial score (nSPS) is 15.9. The van der Waals surface area contributed by atoms with Crippen LogP contribution < -0.4 is 16.2 Å². The lowest BCUT2D eigenvalue weighted by Crippen LogP contribution is -2.37. The smallest absolute Gasteiger partial charge is 0.257 e. The van der Waals surface area contributed by atoms with Gasteiger partial charge in [0.25, 0.3) is 5.56 Å². The molecule has 0 fully saturated rings. The standard InChI is InChI=1S/C17H14FN5OS/c1-10-9-14(24)23-15(13-3-2-8-25-13)21-16(22-17(23)19-10)20-12-6-4-11(18)5-7-12/h2-9,15H,1H3,(H2,19,20,21,22)/t15-/m1/s1. The maximum absolute atomic E-state index is 13.1. The lowest BCUT2D eigenvalue weighted by Gasteiger charge is -2.26. The van der Waals surface area contributed by atoms with Gasteiger partial charge in [-0.3, -0.25) is 14.7 Å². The molecule has 0 saturated carbocycles. The van der Waals surface area contributed by atoms with Gasteiger partial charge in [0, 0.05) is 22.3 Å². The average molecular weight is 355 g/mol. The summed E-state index contributed by atoms with van der Waals surface area (Å²) < 4.78 is 14.6. The van der Waals surface area contributed by atoms with E-state index in [2.05, 4.69) is 20.6 Å². The van der Waals surface area contributed by atoms with Crippen molar-refractivity contribution in [2.75, 3.05) is 10.6 Å². The van der Waals surface area contributed by atoms with Crippen LogP contribution in [0.3, 0.4) is 0 Å². The highest BCUT2D eigenvalue weighted by atomic mass is 32.1. The van der Waals surface area contributed by atoms with Gasteiger partial charge in [0.15, 0.2) is 6.17 Å². The van der Waals surface area contributed by atoms with Crippen molar-refractivity contribution in [1.82, 2.24) is 9.55 Å². The molecule has 3 aromatic rings. The van der Waals surface area contributed by atoms with Crippen LogP contribution in [-0.2, 0) is 0 Å². The Morgan fingerprint density at radius 3 is 2.80 bits per heavy atom. The number of halogens is 1. The zero-order valence-electron chi connectivity index (χ0n) is 13.2. The van der Waals surface area contributed by atoms with Crippen molar-refractivity contribution in [3.8, 4) is 0 Å². The Balaban J connectivity index is 1.76.